The van der Waals surface area contributed by atoms with Crippen LogP contribution in [0.25, 0.3) is 0 Å². The highest BCUT2D eigenvalue weighted by Gasteiger charge is 2.45. The van der Waals surface area contributed by atoms with E-state index in [1.54, 1.807) is 4.90 Å². The summed E-state index contributed by atoms with van der Waals surface area (Å²) in [5, 5.41) is 0. The topological polar surface area (TPSA) is 102 Å². The van der Waals surface area contributed by atoms with Crippen LogP contribution in [0.15, 0.2) is 17.1 Å². The summed E-state index contributed by atoms with van der Waals surface area (Å²) in [5.74, 6) is -0.145. The van der Waals surface area contributed by atoms with Crippen molar-refractivity contribution in [2.75, 3.05) is 32.6 Å². The SMILES string of the molecule is CS(=O)(=O)N[C@H]1COCCC12CCN(C(=O)c1cocn1)CC2. The first kappa shape index (κ1) is 16.4. The number of nitrogens with zero attached hydrogens (tertiary/aromatic N) is 2. The first-order chi connectivity index (χ1) is 10.9. The largest absolute Gasteiger partial charge is 0.451 e. The van der Waals surface area contributed by atoms with Gasteiger partial charge in [0.25, 0.3) is 5.91 Å². The zero-order valence-electron chi connectivity index (χ0n) is 13.0. The fourth-order valence-electron chi connectivity index (χ4n) is 3.48. The fourth-order valence-corrected chi connectivity index (χ4v) is 4.31. The van der Waals surface area contributed by atoms with Gasteiger partial charge < -0.3 is 14.1 Å². The van der Waals surface area contributed by atoms with Gasteiger partial charge in [-0.3, -0.25) is 4.79 Å². The van der Waals surface area contributed by atoms with E-state index in [1.165, 1.54) is 18.9 Å². The number of piperidine rings is 1. The van der Waals surface area contributed by atoms with Gasteiger partial charge in [-0.05, 0) is 24.7 Å². The van der Waals surface area contributed by atoms with Crippen molar-refractivity contribution in [2.24, 2.45) is 5.41 Å². The summed E-state index contributed by atoms with van der Waals surface area (Å²) in [6, 6.07) is -0.240. The molecule has 0 saturated carbocycles. The molecule has 23 heavy (non-hydrogen) atoms. The molecule has 0 radical (unpaired) electrons. The summed E-state index contributed by atoms with van der Waals surface area (Å²) >= 11 is 0. The van der Waals surface area contributed by atoms with Crippen molar-refractivity contribution in [3.8, 4) is 0 Å². The van der Waals surface area contributed by atoms with E-state index in [9.17, 15) is 13.2 Å². The Morgan fingerprint density at radius 1 is 1.39 bits per heavy atom. The lowest BCUT2D eigenvalue weighted by molar-refractivity contribution is -0.0401. The first-order valence-corrected chi connectivity index (χ1v) is 9.51. The van der Waals surface area contributed by atoms with E-state index >= 15 is 0 Å². The van der Waals surface area contributed by atoms with Gasteiger partial charge in [-0.15, -0.1) is 0 Å². The van der Waals surface area contributed by atoms with Crippen LogP contribution in [0.2, 0.25) is 0 Å². The van der Waals surface area contributed by atoms with Gasteiger partial charge in [0, 0.05) is 19.7 Å². The van der Waals surface area contributed by atoms with Crippen LogP contribution in [-0.2, 0) is 14.8 Å². The predicted octanol–water partition coefficient (Wildman–Crippen LogP) is 0.235. The van der Waals surface area contributed by atoms with Crippen LogP contribution in [0.5, 0.6) is 0 Å². The number of carbonyl (C=O) groups excluding carboxylic acids is 1. The summed E-state index contributed by atoms with van der Waals surface area (Å²) in [4.78, 5) is 17.9. The van der Waals surface area contributed by atoms with Crippen LogP contribution in [0.4, 0.5) is 0 Å². The third-order valence-electron chi connectivity index (χ3n) is 4.82. The molecule has 2 aliphatic rings. The minimum Gasteiger partial charge on any atom is -0.451 e. The summed E-state index contributed by atoms with van der Waals surface area (Å²) < 4.78 is 36.2. The Balaban J connectivity index is 1.69. The summed E-state index contributed by atoms with van der Waals surface area (Å²) in [7, 11) is -3.30. The number of hydrogen-bond donors (Lipinski definition) is 1. The molecule has 1 amide bonds. The molecule has 0 unspecified atom stereocenters. The van der Waals surface area contributed by atoms with Gasteiger partial charge in [-0.2, -0.15) is 0 Å². The van der Waals surface area contributed by atoms with Crippen molar-refractivity contribution in [1.82, 2.24) is 14.6 Å². The second-order valence-corrected chi connectivity index (χ2v) is 8.08. The fraction of sp³-hybridized carbons (Fsp3) is 0.714. The van der Waals surface area contributed by atoms with Crippen molar-refractivity contribution in [1.29, 1.82) is 0 Å². The van der Waals surface area contributed by atoms with E-state index in [2.05, 4.69) is 9.71 Å². The Bertz CT molecular complexity index is 650. The predicted molar refractivity (Wildman–Crippen MR) is 81.3 cm³/mol. The van der Waals surface area contributed by atoms with Gasteiger partial charge in [0.05, 0.1) is 18.9 Å². The minimum absolute atomic E-state index is 0.145. The van der Waals surface area contributed by atoms with Crippen LogP contribution < -0.4 is 4.72 Å². The normalized spacial score (nSPS) is 24.7. The molecule has 1 aromatic heterocycles. The second kappa shape index (κ2) is 6.21. The highest BCUT2D eigenvalue weighted by Crippen LogP contribution is 2.41. The van der Waals surface area contributed by atoms with Crippen LogP contribution in [0, 0.1) is 5.41 Å². The van der Waals surface area contributed by atoms with Gasteiger partial charge in [0.2, 0.25) is 10.0 Å². The lowest BCUT2D eigenvalue weighted by Gasteiger charge is -2.48. The standard InChI is InChI=1S/C14H21N3O5S/c1-23(19,20)16-12-9-21-7-4-14(12)2-5-17(6-3-14)13(18)11-8-22-10-15-11/h8,10,12,16H,2-7,9H2,1H3/t12-/m0/s1. The van der Waals surface area contributed by atoms with E-state index < -0.39 is 10.0 Å². The van der Waals surface area contributed by atoms with Crippen molar-refractivity contribution < 1.29 is 22.4 Å². The Labute approximate surface area is 135 Å². The smallest absolute Gasteiger partial charge is 0.275 e. The van der Waals surface area contributed by atoms with Gasteiger partial charge in [0.1, 0.15) is 6.26 Å². The molecule has 2 aliphatic heterocycles. The molecule has 3 heterocycles. The molecule has 3 rings (SSSR count). The minimum atomic E-state index is -3.30. The second-order valence-electron chi connectivity index (χ2n) is 6.30. The highest BCUT2D eigenvalue weighted by molar-refractivity contribution is 7.88. The summed E-state index contributed by atoms with van der Waals surface area (Å²) in [6.07, 6.45) is 6.03. The molecule has 2 fully saturated rings. The molecule has 1 spiro atoms. The van der Waals surface area contributed by atoms with E-state index in [0.29, 0.717) is 32.0 Å². The molecule has 0 aliphatic carbocycles. The number of sulfonamides is 1. The molecule has 1 aromatic rings. The summed E-state index contributed by atoms with van der Waals surface area (Å²) in [5.41, 5.74) is 0.154. The molecule has 2 saturated heterocycles. The Hall–Kier alpha value is -1.45. The molecule has 9 heteroatoms. The van der Waals surface area contributed by atoms with Gasteiger partial charge >= 0.3 is 0 Å². The quantitative estimate of drug-likeness (QED) is 0.843. The van der Waals surface area contributed by atoms with Crippen molar-refractivity contribution in [3.63, 3.8) is 0 Å². The van der Waals surface area contributed by atoms with E-state index in [1.807, 2.05) is 0 Å². The lowest BCUT2D eigenvalue weighted by atomic mass is 9.69. The van der Waals surface area contributed by atoms with Gasteiger partial charge in [-0.25, -0.2) is 18.1 Å². The zero-order valence-corrected chi connectivity index (χ0v) is 13.8. The van der Waals surface area contributed by atoms with Crippen molar-refractivity contribution >= 4 is 15.9 Å². The van der Waals surface area contributed by atoms with Crippen LogP contribution in [0.3, 0.4) is 0 Å². The first-order valence-electron chi connectivity index (χ1n) is 7.62. The Morgan fingerprint density at radius 2 is 2.13 bits per heavy atom. The number of rotatable bonds is 3. The molecular weight excluding hydrogens is 322 g/mol. The maximum atomic E-state index is 12.3. The van der Waals surface area contributed by atoms with Crippen LogP contribution >= 0.6 is 0 Å². The molecule has 128 valence electrons. The maximum Gasteiger partial charge on any atom is 0.275 e. The molecule has 1 N–H and O–H groups in total. The molecule has 0 bridgehead atoms. The Morgan fingerprint density at radius 3 is 2.74 bits per heavy atom. The molecule has 0 aromatic carbocycles. The van der Waals surface area contributed by atoms with E-state index in [0.717, 1.165) is 19.3 Å². The number of nitrogens with one attached hydrogen (secondary N) is 1. The Kier molecular flexibility index (Phi) is 4.43. The number of carbonyl (C=O) groups is 1. The van der Waals surface area contributed by atoms with Crippen molar-refractivity contribution in [3.05, 3.63) is 18.4 Å². The number of amides is 1. The molecule has 8 nitrogen and oxygen atoms in total. The van der Waals surface area contributed by atoms with Gasteiger partial charge in [0.15, 0.2) is 12.1 Å². The van der Waals surface area contributed by atoms with Crippen LogP contribution in [0.1, 0.15) is 29.8 Å². The van der Waals surface area contributed by atoms with E-state index in [-0.39, 0.29) is 17.4 Å². The molecule has 1 atom stereocenters. The number of hydrogen-bond acceptors (Lipinski definition) is 6. The van der Waals surface area contributed by atoms with E-state index in [4.69, 9.17) is 9.15 Å². The van der Waals surface area contributed by atoms with Gasteiger partial charge in [-0.1, -0.05) is 0 Å². The van der Waals surface area contributed by atoms with Crippen LogP contribution in [-0.4, -0.2) is 62.8 Å². The zero-order chi connectivity index (χ0) is 16.5. The average molecular weight is 343 g/mol. The highest BCUT2D eigenvalue weighted by atomic mass is 32.2. The number of ether oxygens (including phenoxy) is 1. The van der Waals surface area contributed by atoms with Crippen molar-refractivity contribution in [2.45, 2.75) is 25.3 Å². The monoisotopic (exact) mass is 343 g/mol. The molecular formula is C14H21N3O5S. The third-order valence-corrected chi connectivity index (χ3v) is 5.53. The maximum absolute atomic E-state index is 12.3. The number of likely N-dealkylation sites (tertiary alicyclic amines) is 1. The number of aromatic nitrogens is 1. The third kappa shape index (κ3) is 3.56. The summed E-state index contributed by atoms with van der Waals surface area (Å²) in [6.45, 7) is 2.16. The average Bonchev–Trinajstić information content (AvgIpc) is 3.03. The lowest BCUT2D eigenvalue weighted by Crippen LogP contribution is -2.57. The number of oxazole rings is 1.